The van der Waals surface area contributed by atoms with Crippen molar-refractivity contribution in [3.05, 3.63) is 33.9 Å². The summed E-state index contributed by atoms with van der Waals surface area (Å²) in [5.41, 5.74) is 1.12. The summed E-state index contributed by atoms with van der Waals surface area (Å²) in [4.78, 5) is 23.1. The molecule has 16 heavy (non-hydrogen) atoms. The van der Waals surface area contributed by atoms with Crippen LogP contribution in [-0.4, -0.2) is 24.3 Å². The van der Waals surface area contributed by atoms with E-state index in [2.05, 4.69) is 0 Å². The standard InChI is InChI=1S/C11H12N2O3/c14-8-9-3-4-10(13(15)16)11(7-9)12-5-1-2-6-12/h3-4,7-8H,1-2,5-6H2. The summed E-state index contributed by atoms with van der Waals surface area (Å²) >= 11 is 0. The molecule has 0 N–H and O–H groups in total. The minimum Gasteiger partial charge on any atom is -0.366 e. The van der Waals surface area contributed by atoms with Gasteiger partial charge in [0.25, 0.3) is 5.69 Å². The fourth-order valence-electron chi connectivity index (χ4n) is 1.98. The van der Waals surface area contributed by atoms with E-state index in [9.17, 15) is 14.9 Å². The van der Waals surface area contributed by atoms with Gasteiger partial charge in [-0.1, -0.05) is 0 Å². The summed E-state index contributed by atoms with van der Waals surface area (Å²) < 4.78 is 0. The second-order valence-corrected chi connectivity index (χ2v) is 3.82. The van der Waals surface area contributed by atoms with Crippen molar-refractivity contribution >= 4 is 17.7 Å². The number of carbonyl (C=O) groups is 1. The number of anilines is 1. The monoisotopic (exact) mass is 220 g/mol. The van der Waals surface area contributed by atoms with Gasteiger partial charge in [0.1, 0.15) is 12.0 Å². The molecule has 84 valence electrons. The zero-order chi connectivity index (χ0) is 11.5. The number of nitrogens with zero attached hydrogens (tertiary/aromatic N) is 2. The summed E-state index contributed by atoms with van der Waals surface area (Å²) in [7, 11) is 0. The third kappa shape index (κ3) is 1.88. The third-order valence-electron chi connectivity index (χ3n) is 2.78. The Morgan fingerprint density at radius 1 is 1.31 bits per heavy atom. The van der Waals surface area contributed by atoms with E-state index in [-0.39, 0.29) is 5.69 Å². The van der Waals surface area contributed by atoms with Crippen molar-refractivity contribution in [1.82, 2.24) is 0 Å². The first-order chi connectivity index (χ1) is 7.72. The van der Waals surface area contributed by atoms with Gasteiger partial charge < -0.3 is 4.90 Å². The highest BCUT2D eigenvalue weighted by molar-refractivity contribution is 5.80. The molecule has 1 saturated heterocycles. The smallest absolute Gasteiger partial charge is 0.292 e. The van der Waals surface area contributed by atoms with E-state index in [1.165, 1.54) is 12.1 Å². The number of carbonyl (C=O) groups excluding carboxylic acids is 1. The predicted octanol–water partition coefficient (Wildman–Crippen LogP) is 2.01. The fraction of sp³-hybridized carbons (Fsp3) is 0.364. The highest BCUT2D eigenvalue weighted by Crippen LogP contribution is 2.31. The zero-order valence-corrected chi connectivity index (χ0v) is 8.76. The summed E-state index contributed by atoms with van der Waals surface area (Å²) in [6.45, 7) is 1.65. The van der Waals surface area contributed by atoms with Crippen LogP contribution in [0, 0.1) is 10.1 Å². The van der Waals surface area contributed by atoms with Crippen LogP contribution in [0.2, 0.25) is 0 Å². The molecule has 1 heterocycles. The van der Waals surface area contributed by atoms with Crippen LogP contribution in [0.15, 0.2) is 18.2 Å². The van der Waals surface area contributed by atoms with Crippen molar-refractivity contribution in [1.29, 1.82) is 0 Å². The molecule has 0 amide bonds. The van der Waals surface area contributed by atoms with Crippen LogP contribution in [0.4, 0.5) is 11.4 Å². The van der Waals surface area contributed by atoms with Crippen molar-refractivity contribution in [2.24, 2.45) is 0 Å². The Morgan fingerprint density at radius 2 is 2.00 bits per heavy atom. The molecule has 1 aromatic carbocycles. The first-order valence-electron chi connectivity index (χ1n) is 5.21. The minimum absolute atomic E-state index is 0.0764. The minimum atomic E-state index is -0.401. The van der Waals surface area contributed by atoms with Crippen LogP contribution >= 0.6 is 0 Å². The molecule has 2 rings (SSSR count). The SMILES string of the molecule is O=Cc1ccc([N+](=O)[O-])c(N2CCCC2)c1. The van der Waals surface area contributed by atoms with Gasteiger partial charge in [-0.3, -0.25) is 14.9 Å². The average molecular weight is 220 g/mol. The van der Waals surface area contributed by atoms with E-state index in [4.69, 9.17) is 0 Å². The second-order valence-electron chi connectivity index (χ2n) is 3.82. The van der Waals surface area contributed by atoms with E-state index in [0.717, 1.165) is 25.9 Å². The summed E-state index contributed by atoms with van der Waals surface area (Å²) in [6, 6.07) is 4.47. The van der Waals surface area contributed by atoms with Gasteiger partial charge in [-0.25, -0.2) is 0 Å². The largest absolute Gasteiger partial charge is 0.366 e. The Morgan fingerprint density at radius 3 is 2.56 bits per heavy atom. The molecular weight excluding hydrogens is 208 g/mol. The number of hydrogen-bond donors (Lipinski definition) is 0. The number of rotatable bonds is 3. The van der Waals surface area contributed by atoms with Crippen molar-refractivity contribution < 1.29 is 9.72 Å². The Hall–Kier alpha value is -1.91. The third-order valence-corrected chi connectivity index (χ3v) is 2.78. The first-order valence-corrected chi connectivity index (χ1v) is 5.21. The van der Waals surface area contributed by atoms with Gasteiger partial charge >= 0.3 is 0 Å². The molecule has 1 aromatic rings. The highest BCUT2D eigenvalue weighted by atomic mass is 16.6. The van der Waals surface area contributed by atoms with Crippen LogP contribution in [0.25, 0.3) is 0 Å². The van der Waals surface area contributed by atoms with Gasteiger partial charge in [-0.05, 0) is 25.0 Å². The summed E-state index contributed by atoms with van der Waals surface area (Å²) in [5, 5.41) is 10.9. The molecule has 5 nitrogen and oxygen atoms in total. The molecule has 0 atom stereocenters. The topological polar surface area (TPSA) is 63.4 Å². The van der Waals surface area contributed by atoms with Crippen molar-refractivity contribution in [3.8, 4) is 0 Å². The predicted molar refractivity (Wildman–Crippen MR) is 59.9 cm³/mol. The van der Waals surface area contributed by atoms with Crippen LogP contribution < -0.4 is 4.90 Å². The molecule has 0 unspecified atom stereocenters. The Labute approximate surface area is 92.8 Å². The molecule has 0 radical (unpaired) electrons. The molecule has 1 aliphatic heterocycles. The second kappa shape index (κ2) is 4.30. The van der Waals surface area contributed by atoms with E-state index >= 15 is 0 Å². The normalized spacial score (nSPS) is 15.1. The number of hydrogen-bond acceptors (Lipinski definition) is 4. The number of benzene rings is 1. The van der Waals surface area contributed by atoms with Crippen LogP contribution in [0.5, 0.6) is 0 Å². The molecule has 5 heteroatoms. The van der Waals surface area contributed by atoms with Crippen molar-refractivity contribution in [3.63, 3.8) is 0 Å². The highest BCUT2D eigenvalue weighted by Gasteiger charge is 2.22. The average Bonchev–Trinajstić information content (AvgIpc) is 2.81. The van der Waals surface area contributed by atoms with E-state index in [0.29, 0.717) is 17.5 Å². The lowest BCUT2D eigenvalue weighted by molar-refractivity contribution is -0.384. The lowest BCUT2D eigenvalue weighted by Crippen LogP contribution is -2.19. The molecule has 1 fully saturated rings. The fourth-order valence-corrected chi connectivity index (χ4v) is 1.98. The molecule has 0 bridgehead atoms. The molecule has 0 aliphatic carbocycles. The van der Waals surface area contributed by atoms with Crippen LogP contribution in [0.1, 0.15) is 23.2 Å². The lowest BCUT2D eigenvalue weighted by Gasteiger charge is -2.17. The van der Waals surface area contributed by atoms with Crippen molar-refractivity contribution in [2.75, 3.05) is 18.0 Å². The molecule has 0 aromatic heterocycles. The van der Waals surface area contributed by atoms with Gasteiger partial charge in [-0.2, -0.15) is 0 Å². The first kappa shape index (κ1) is 10.6. The maximum atomic E-state index is 10.9. The number of aldehydes is 1. The van der Waals surface area contributed by atoms with Crippen molar-refractivity contribution in [2.45, 2.75) is 12.8 Å². The van der Waals surface area contributed by atoms with E-state index < -0.39 is 4.92 Å². The molecular formula is C11H12N2O3. The Balaban J connectivity index is 2.44. The van der Waals surface area contributed by atoms with Gasteiger partial charge in [-0.15, -0.1) is 0 Å². The summed E-state index contributed by atoms with van der Waals surface area (Å²) in [6.07, 6.45) is 2.80. The summed E-state index contributed by atoms with van der Waals surface area (Å²) in [5.74, 6) is 0. The quantitative estimate of drug-likeness (QED) is 0.444. The molecule has 1 aliphatic rings. The van der Waals surface area contributed by atoms with E-state index in [1.54, 1.807) is 6.07 Å². The van der Waals surface area contributed by atoms with Gasteiger partial charge in [0.05, 0.1) is 4.92 Å². The maximum absolute atomic E-state index is 10.9. The Bertz CT molecular complexity index is 425. The van der Waals surface area contributed by atoms with E-state index in [1.807, 2.05) is 4.90 Å². The van der Waals surface area contributed by atoms with Crippen LogP contribution in [0.3, 0.4) is 0 Å². The zero-order valence-electron chi connectivity index (χ0n) is 8.76. The number of nitro groups is 1. The van der Waals surface area contributed by atoms with Gasteiger partial charge in [0, 0.05) is 24.7 Å². The van der Waals surface area contributed by atoms with Gasteiger partial charge in [0.15, 0.2) is 0 Å². The van der Waals surface area contributed by atoms with Crippen LogP contribution in [-0.2, 0) is 0 Å². The Kier molecular flexibility index (Phi) is 2.85. The van der Waals surface area contributed by atoms with Gasteiger partial charge in [0.2, 0.25) is 0 Å². The molecule has 0 spiro atoms. The molecule has 0 saturated carbocycles. The maximum Gasteiger partial charge on any atom is 0.292 e. The lowest BCUT2D eigenvalue weighted by atomic mass is 10.1. The number of nitro benzene ring substituents is 1.